The fourth-order valence-electron chi connectivity index (χ4n) is 3.88. The molecule has 1 atom stereocenters. The van der Waals surface area contributed by atoms with Crippen molar-refractivity contribution < 1.29 is 14.5 Å². The highest BCUT2D eigenvalue weighted by Crippen LogP contribution is 2.45. The minimum Gasteiger partial charge on any atom is -0.497 e. The standard InChI is InChI=1S/C20H19N3O4/c1-12(24)22-20(14-4-3-5-15(10-14)23(25)26)18-8-6-13-11-16(27-2)7-9-17(13)19(18)21-22/h3-5,7,9-11,20-21H,6,8H2,1-2H3/t20-/m1/s1. The van der Waals surface area contributed by atoms with E-state index in [0.29, 0.717) is 0 Å². The summed E-state index contributed by atoms with van der Waals surface area (Å²) >= 11 is 0. The number of fused-ring (bicyclic) bond motifs is 2. The van der Waals surface area contributed by atoms with Crippen molar-refractivity contribution in [3.63, 3.8) is 0 Å². The number of methoxy groups -OCH3 is 1. The first-order valence-electron chi connectivity index (χ1n) is 8.70. The second-order valence-electron chi connectivity index (χ2n) is 6.68. The fraction of sp³-hybridized carbons (Fsp3) is 0.250. The number of carbonyl (C=O) groups is 1. The van der Waals surface area contributed by atoms with E-state index in [4.69, 9.17) is 4.74 Å². The second kappa shape index (κ2) is 6.42. The van der Waals surface area contributed by atoms with Crippen molar-refractivity contribution in [3.8, 4) is 5.75 Å². The molecule has 0 unspecified atom stereocenters. The summed E-state index contributed by atoms with van der Waals surface area (Å²) in [5.41, 5.74) is 8.16. The molecule has 0 saturated carbocycles. The van der Waals surface area contributed by atoms with Gasteiger partial charge in [0.15, 0.2) is 0 Å². The highest BCUT2D eigenvalue weighted by Gasteiger charge is 2.38. The summed E-state index contributed by atoms with van der Waals surface area (Å²) in [5.74, 6) is 0.658. The van der Waals surface area contributed by atoms with Crippen molar-refractivity contribution >= 4 is 17.3 Å². The van der Waals surface area contributed by atoms with Gasteiger partial charge in [0.2, 0.25) is 5.91 Å². The smallest absolute Gasteiger partial charge is 0.269 e. The zero-order chi connectivity index (χ0) is 19.1. The number of nitro benzene ring substituents is 1. The van der Waals surface area contributed by atoms with Gasteiger partial charge >= 0.3 is 0 Å². The number of non-ortho nitro benzene ring substituents is 1. The summed E-state index contributed by atoms with van der Waals surface area (Å²) in [4.78, 5) is 23.0. The van der Waals surface area contributed by atoms with Crippen LogP contribution in [0.3, 0.4) is 0 Å². The summed E-state index contributed by atoms with van der Waals surface area (Å²) in [7, 11) is 1.64. The summed E-state index contributed by atoms with van der Waals surface area (Å²) in [6.07, 6.45) is 1.59. The topological polar surface area (TPSA) is 84.7 Å². The molecule has 27 heavy (non-hydrogen) atoms. The van der Waals surface area contributed by atoms with E-state index in [9.17, 15) is 14.9 Å². The van der Waals surface area contributed by atoms with Gasteiger partial charge in [0, 0.05) is 24.6 Å². The molecule has 7 nitrogen and oxygen atoms in total. The van der Waals surface area contributed by atoms with Crippen LogP contribution in [0.5, 0.6) is 5.75 Å². The molecule has 1 aliphatic carbocycles. The minimum absolute atomic E-state index is 0.0194. The Balaban J connectivity index is 1.82. The molecule has 1 aliphatic heterocycles. The normalized spacial score (nSPS) is 17.9. The lowest BCUT2D eigenvalue weighted by Gasteiger charge is -2.25. The van der Waals surface area contributed by atoms with Crippen LogP contribution < -0.4 is 10.2 Å². The largest absolute Gasteiger partial charge is 0.497 e. The van der Waals surface area contributed by atoms with Crippen LogP contribution in [0.25, 0.3) is 5.70 Å². The Morgan fingerprint density at radius 3 is 2.78 bits per heavy atom. The molecule has 0 saturated heterocycles. The van der Waals surface area contributed by atoms with E-state index < -0.39 is 4.92 Å². The van der Waals surface area contributed by atoms with Crippen molar-refractivity contribution in [2.45, 2.75) is 25.8 Å². The predicted octanol–water partition coefficient (Wildman–Crippen LogP) is 3.37. The molecule has 0 bridgehead atoms. The van der Waals surface area contributed by atoms with Gasteiger partial charge in [-0.3, -0.25) is 20.3 Å². The van der Waals surface area contributed by atoms with Crippen molar-refractivity contribution in [1.82, 2.24) is 10.4 Å². The Hall–Kier alpha value is -3.35. The lowest BCUT2D eigenvalue weighted by atomic mass is 9.85. The zero-order valence-electron chi connectivity index (χ0n) is 15.1. The van der Waals surface area contributed by atoms with Crippen molar-refractivity contribution in [3.05, 3.63) is 74.8 Å². The first-order valence-corrected chi connectivity index (χ1v) is 8.70. The van der Waals surface area contributed by atoms with Gasteiger partial charge in [-0.2, -0.15) is 0 Å². The van der Waals surface area contributed by atoms with Crippen LogP contribution in [0.4, 0.5) is 5.69 Å². The van der Waals surface area contributed by atoms with Gasteiger partial charge < -0.3 is 4.74 Å². The monoisotopic (exact) mass is 365 g/mol. The molecule has 0 spiro atoms. The number of hydrogen-bond donors (Lipinski definition) is 1. The maximum absolute atomic E-state index is 12.3. The molecule has 0 aromatic heterocycles. The van der Waals surface area contributed by atoms with Crippen LogP contribution in [0.2, 0.25) is 0 Å². The number of amides is 1. The number of carbonyl (C=O) groups excluding carboxylic acids is 1. The Morgan fingerprint density at radius 1 is 1.26 bits per heavy atom. The third kappa shape index (κ3) is 2.81. The highest BCUT2D eigenvalue weighted by atomic mass is 16.6. The molecule has 1 N–H and O–H groups in total. The van der Waals surface area contributed by atoms with Crippen LogP contribution in [0.1, 0.15) is 36.1 Å². The lowest BCUT2D eigenvalue weighted by molar-refractivity contribution is -0.384. The van der Waals surface area contributed by atoms with Crippen LogP contribution in [-0.2, 0) is 11.2 Å². The third-order valence-corrected chi connectivity index (χ3v) is 5.12. The maximum atomic E-state index is 12.3. The molecular formula is C20H19N3O4. The van der Waals surface area contributed by atoms with E-state index in [0.717, 1.165) is 46.6 Å². The SMILES string of the molecule is COc1ccc2c(c1)CCC1=C2NN(C(C)=O)[C@@H]1c1cccc([N+](=O)[O-])c1. The third-order valence-electron chi connectivity index (χ3n) is 5.12. The van der Waals surface area contributed by atoms with E-state index in [1.54, 1.807) is 24.3 Å². The molecule has 2 aromatic carbocycles. The van der Waals surface area contributed by atoms with Crippen LogP contribution in [0.15, 0.2) is 48.0 Å². The second-order valence-corrected chi connectivity index (χ2v) is 6.68. The average molecular weight is 365 g/mol. The van der Waals surface area contributed by atoms with Crippen LogP contribution in [0, 0.1) is 10.1 Å². The van der Waals surface area contributed by atoms with Gasteiger partial charge in [-0.25, -0.2) is 5.01 Å². The Morgan fingerprint density at radius 2 is 2.07 bits per heavy atom. The maximum Gasteiger partial charge on any atom is 0.269 e. The summed E-state index contributed by atoms with van der Waals surface area (Å²) in [6.45, 7) is 1.49. The zero-order valence-corrected chi connectivity index (χ0v) is 15.1. The fourth-order valence-corrected chi connectivity index (χ4v) is 3.88. The molecule has 0 radical (unpaired) electrons. The van der Waals surface area contributed by atoms with Gasteiger partial charge in [-0.1, -0.05) is 12.1 Å². The molecule has 1 amide bonds. The van der Waals surface area contributed by atoms with Gasteiger partial charge in [-0.05, 0) is 47.7 Å². The minimum atomic E-state index is -0.415. The molecule has 2 aliphatic rings. The van der Waals surface area contributed by atoms with Gasteiger partial charge in [0.05, 0.1) is 17.7 Å². The molecule has 2 aromatic rings. The average Bonchev–Trinajstić information content (AvgIpc) is 3.07. The highest BCUT2D eigenvalue weighted by molar-refractivity contribution is 5.82. The van der Waals surface area contributed by atoms with E-state index in [1.807, 2.05) is 24.3 Å². The summed E-state index contributed by atoms with van der Waals surface area (Å²) in [6, 6.07) is 12.0. The van der Waals surface area contributed by atoms with E-state index >= 15 is 0 Å². The molecular weight excluding hydrogens is 346 g/mol. The lowest BCUT2D eigenvalue weighted by Crippen LogP contribution is -2.38. The van der Waals surface area contributed by atoms with E-state index in [1.165, 1.54) is 13.0 Å². The van der Waals surface area contributed by atoms with Gasteiger partial charge in [0.25, 0.3) is 5.69 Å². The first kappa shape index (κ1) is 17.1. The molecule has 138 valence electrons. The number of benzene rings is 2. The van der Waals surface area contributed by atoms with Gasteiger partial charge in [0.1, 0.15) is 11.8 Å². The number of ether oxygens (including phenoxy) is 1. The number of aryl methyl sites for hydroxylation is 1. The molecule has 4 rings (SSSR count). The first-order chi connectivity index (χ1) is 13.0. The molecule has 0 fully saturated rings. The number of hydrogen-bond acceptors (Lipinski definition) is 5. The van der Waals surface area contributed by atoms with Crippen LogP contribution >= 0.6 is 0 Å². The van der Waals surface area contributed by atoms with Crippen molar-refractivity contribution in [2.24, 2.45) is 0 Å². The predicted molar refractivity (Wildman–Crippen MR) is 99.7 cm³/mol. The molecule has 1 heterocycles. The number of nitrogens with one attached hydrogen (secondary N) is 1. The van der Waals surface area contributed by atoms with Crippen molar-refractivity contribution in [1.29, 1.82) is 0 Å². The van der Waals surface area contributed by atoms with Crippen molar-refractivity contribution in [2.75, 3.05) is 7.11 Å². The molecule has 7 heteroatoms. The van der Waals surface area contributed by atoms with Crippen LogP contribution in [-0.4, -0.2) is 22.9 Å². The number of nitro groups is 1. The quantitative estimate of drug-likeness (QED) is 0.666. The van der Waals surface area contributed by atoms with Gasteiger partial charge in [-0.15, -0.1) is 0 Å². The Bertz CT molecular complexity index is 983. The number of nitrogens with zero attached hydrogens (tertiary/aromatic N) is 2. The van der Waals surface area contributed by atoms with E-state index in [-0.39, 0.29) is 17.6 Å². The Labute approximate surface area is 156 Å². The summed E-state index contributed by atoms with van der Waals surface area (Å²) in [5, 5.41) is 12.7. The number of rotatable bonds is 3. The Kier molecular flexibility index (Phi) is 4.07. The number of hydrazine groups is 1. The van der Waals surface area contributed by atoms with E-state index in [2.05, 4.69) is 5.43 Å². The summed E-state index contributed by atoms with van der Waals surface area (Å²) < 4.78 is 5.31.